The van der Waals surface area contributed by atoms with Gasteiger partial charge in [-0.2, -0.15) is 0 Å². The Balaban J connectivity index is 2.84. The summed E-state index contributed by atoms with van der Waals surface area (Å²) in [6, 6.07) is 5.95. The third-order valence-corrected chi connectivity index (χ3v) is 3.71. The van der Waals surface area contributed by atoms with E-state index < -0.39 is 23.3 Å². The van der Waals surface area contributed by atoms with Gasteiger partial charge in [-0.3, -0.25) is 9.59 Å². The Hall–Kier alpha value is -2.57. The molecule has 0 fully saturated rings. The summed E-state index contributed by atoms with van der Waals surface area (Å²) < 4.78 is 5.07. The lowest BCUT2D eigenvalue weighted by Crippen LogP contribution is -2.32. The summed E-state index contributed by atoms with van der Waals surface area (Å²) in [5.41, 5.74) is 5.59. The molecule has 0 aliphatic rings. The van der Waals surface area contributed by atoms with Crippen LogP contribution in [0.3, 0.4) is 0 Å². The Labute approximate surface area is 141 Å². The van der Waals surface area contributed by atoms with E-state index in [1.807, 2.05) is 0 Å². The molecule has 0 heterocycles. The summed E-state index contributed by atoms with van der Waals surface area (Å²) >= 11 is 0. The highest BCUT2D eigenvalue weighted by atomic mass is 16.5. The highest BCUT2D eigenvalue weighted by molar-refractivity contribution is 5.82. The van der Waals surface area contributed by atoms with Gasteiger partial charge in [0, 0.05) is 12.1 Å². The molecule has 0 aliphatic carbocycles. The number of carbonyl (C=O) groups is 3. The van der Waals surface area contributed by atoms with Crippen LogP contribution in [0, 0.1) is 0 Å². The maximum Gasteiger partial charge on any atom is 0.326 e. The number of hydrogen-bond donors (Lipinski definition) is 3. The molecule has 0 bridgehead atoms. The van der Waals surface area contributed by atoms with Crippen LogP contribution in [0.1, 0.15) is 39.2 Å². The van der Waals surface area contributed by atoms with E-state index in [2.05, 4.69) is 5.32 Å². The van der Waals surface area contributed by atoms with Crippen LogP contribution < -0.4 is 11.1 Å². The van der Waals surface area contributed by atoms with Crippen LogP contribution in [0.2, 0.25) is 0 Å². The number of carboxylic acid groups (broad SMARTS) is 1. The Bertz CT molecular complexity index is 596. The highest BCUT2D eigenvalue weighted by Gasteiger charge is 2.31. The van der Waals surface area contributed by atoms with Gasteiger partial charge in [-0.1, -0.05) is 12.1 Å². The number of ether oxygens (including phenoxy) is 1. The van der Waals surface area contributed by atoms with Crippen molar-refractivity contribution in [1.82, 2.24) is 0 Å². The lowest BCUT2D eigenvalue weighted by Gasteiger charge is -2.23. The summed E-state index contributed by atoms with van der Waals surface area (Å²) in [4.78, 5) is 34.0. The van der Waals surface area contributed by atoms with Crippen molar-refractivity contribution in [1.29, 1.82) is 0 Å². The normalized spacial score (nSPS) is 12.3. The average Bonchev–Trinajstić information content (AvgIpc) is 2.51. The number of amides is 1. The summed E-state index contributed by atoms with van der Waals surface area (Å²) in [6.45, 7) is 5.59. The molecule has 1 aromatic rings. The molecule has 1 atom stereocenters. The van der Waals surface area contributed by atoms with Crippen molar-refractivity contribution < 1.29 is 24.2 Å². The Morgan fingerprint density at radius 1 is 1.25 bits per heavy atom. The molecule has 0 saturated heterocycles. The number of hydrogen-bond acceptors (Lipinski definition) is 5. The Morgan fingerprint density at radius 2 is 1.83 bits per heavy atom. The molecular weight excluding hydrogens is 312 g/mol. The fraction of sp³-hybridized carbons (Fsp3) is 0.471. The number of esters is 1. The van der Waals surface area contributed by atoms with Gasteiger partial charge in [0.05, 0.1) is 12.0 Å². The predicted molar refractivity (Wildman–Crippen MR) is 89.6 cm³/mol. The van der Waals surface area contributed by atoms with Crippen molar-refractivity contribution in [2.45, 2.75) is 45.1 Å². The molecule has 0 spiro atoms. The molecule has 0 aliphatic heterocycles. The van der Waals surface area contributed by atoms with Crippen LogP contribution in [-0.2, 0) is 24.5 Å². The van der Waals surface area contributed by atoms with Crippen molar-refractivity contribution in [2.75, 3.05) is 11.9 Å². The van der Waals surface area contributed by atoms with E-state index in [1.165, 1.54) is 0 Å². The Kier molecular flexibility index (Phi) is 6.76. The van der Waals surface area contributed by atoms with Gasteiger partial charge in [0.1, 0.15) is 6.04 Å². The van der Waals surface area contributed by atoms with Gasteiger partial charge in [0.25, 0.3) is 0 Å². The van der Waals surface area contributed by atoms with E-state index in [1.54, 1.807) is 45.0 Å². The zero-order valence-electron chi connectivity index (χ0n) is 14.2. The second kappa shape index (κ2) is 8.33. The fourth-order valence-electron chi connectivity index (χ4n) is 2.16. The molecule has 7 nitrogen and oxygen atoms in total. The minimum absolute atomic E-state index is 0.0159. The van der Waals surface area contributed by atoms with Crippen LogP contribution in [0.4, 0.5) is 5.69 Å². The van der Waals surface area contributed by atoms with Gasteiger partial charge in [-0.15, -0.1) is 0 Å². The largest absolute Gasteiger partial charge is 0.480 e. The van der Waals surface area contributed by atoms with Crippen molar-refractivity contribution in [2.24, 2.45) is 5.73 Å². The predicted octanol–water partition coefficient (Wildman–Crippen LogP) is 1.66. The van der Waals surface area contributed by atoms with Crippen LogP contribution in [0.15, 0.2) is 24.3 Å². The molecule has 132 valence electrons. The van der Waals surface area contributed by atoms with Gasteiger partial charge in [-0.05, 0) is 44.9 Å². The van der Waals surface area contributed by atoms with E-state index in [-0.39, 0.29) is 18.8 Å². The first-order valence-corrected chi connectivity index (χ1v) is 7.74. The van der Waals surface area contributed by atoms with Crippen LogP contribution in [0.25, 0.3) is 0 Å². The van der Waals surface area contributed by atoms with Gasteiger partial charge in [-0.25, -0.2) is 4.79 Å². The number of aliphatic carboxylic acids is 1. The number of anilines is 1. The number of benzene rings is 1. The highest BCUT2D eigenvalue weighted by Crippen LogP contribution is 2.26. The molecule has 0 radical (unpaired) electrons. The minimum Gasteiger partial charge on any atom is -0.480 e. The third-order valence-electron chi connectivity index (χ3n) is 3.71. The van der Waals surface area contributed by atoms with Crippen LogP contribution in [0.5, 0.6) is 0 Å². The topological polar surface area (TPSA) is 119 Å². The minimum atomic E-state index is -1.06. The molecule has 1 amide bonds. The van der Waals surface area contributed by atoms with Gasteiger partial charge >= 0.3 is 11.9 Å². The second-order valence-corrected chi connectivity index (χ2v) is 5.96. The molecule has 24 heavy (non-hydrogen) atoms. The first-order chi connectivity index (χ1) is 11.2. The maximum absolute atomic E-state index is 12.0. The number of carbonyl (C=O) groups excluding carboxylic acids is 2. The quantitative estimate of drug-likeness (QED) is 0.590. The summed E-state index contributed by atoms with van der Waals surface area (Å²) in [6.07, 6.45) is 0.0820. The first kappa shape index (κ1) is 19.5. The van der Waals surface area contributed by atoms with E-state index in [4.69, 9.17) is 10.5 Å². The first-order valence-electron chi connectivity index (χ1n) is 7.74. The van der Waals surface area contributed by atoms with Crippen LogP contribution in [-0.4, -0.2) is 35.6 Å². The zero-order valence-corrected chi connectivity index (χ0v) is 14.2. The van der Waals surface area contributed by atoms with Crippen LogP contribution >= 0.6 is 0 Å². The molecule has 1 rings (SSSR count). The molecule has 0 aromatic heterocycles. The molecule has 4 N–H and O–H groups in total. The number of rotatable bonds is 9. The van der Waals surface area contributed by atoms with E-state index in [9.17, 15) is 19.5 Å². The SMILES string of the molecule is CCOC(=O)C(C)(C)c1ccc(N[C@@H](CCC(N)=O)C(=O)O)cc1. The van der Waals surface area contributed by atoms with Crippen molar-refractivity contribution in [3.05, 3.63) is 29.8 Å². The second-order valence-electron chi connectivity index (χ2n) is 5.96. The molecular formula is C17H24N2O5. The van der Waals surface area contributed by atoms with Crippen molar-refractivity contribution >= 4 is 23.5 Å². The molecule has 1 aromatic carbocycles. The fourth-order valence-corrected chi connectivity index (χ4v) is 2.16. The van der Waals surface area contributed by atoms with E-state index in [0.717, 1.165) is 5.56 Å². The van der Waals surface area contributed by atoms with E-state index >= 15 is 0 Å². The lowest BCUT2D eigenvalue weighted by atomic mass is 9.84. The third kappa shape index (κ3) is 5.26. The standard InChI is InChI=1S/C17H24N2O5/c1-4-24-16(23)17(2,3)11-5-7-12(8-6-11)19-13(15(21)22)9-10-14(18)20/h5-8,13,19H,4,9-10H2,1-3H3,(H2,18,20)(H,21,22)/t13-/m0/s1. The van der Waals surface area contributed by atoms with Gasteiger partial charge in [0.2, 0.25) is 5.91 Å². The summed E-state index contributed by atoms with van der Waals surface area (Å²) in [5, 5.41) is 12.0. The van der Waals surface area contributed by atoms with E-state index in [0.29, 0.717) is 12.3 Å². The van der Waals surface area contributed by atoms with Gasteiger partial charge < -0.3 is 20.9 Å². The summed E-state index contributed by atoms with van der Waals surface area (Å²) in [7, 11) is 0. The number of carboxylic acids is 1. The van der Waals surface area contributed by atoms with Crippen molar-refractivity contribution in [3.63, 3.8) is 0 Å². The van der Waals surface area contributed by atoms with Gasteiger partial charge in [0.15, 0.2) is 0 Å². The maximum atomic E-state index is 12.0. The van der Waals surface area contributed by atoms with Crippen molar-refractivity contribution in [3.8, 4) is 0 Å². The molecule has 7 heteroatoms. The molecule has 0 saturated carbocycles. The average molecular weight is 336 g/mol. The lowest BCUT2D eigenvalue weighted by molar-refractivity contribution is -0.148. The zero-order chi connectivity index (χ0) is 18.3. The molecule has 0 unspecified atom stereocenters. The monoisotopic (exact) mass is 336 g/mol. The number of nitrogens with two attached hydrogens (primary N) is 1. The Morgan fingerprint density at radius 3 is 2.29 bits per heavy atom. The summed E-state index contributed by atoms with van der Waals surface area (Å²) in [5.74, 6) is -1.93. The number of nitrogens with one attached hydrogen (secondary N) is 1. The smallest absolute Gasteiger partial charge is 0.326 e. The number of primary amides is 1.